The van der Waals surface area contributed by atoms with Crippen LogP contribution in [0, 0.1) is 28.6 Å². The number of ether oxygens (including phenoxy) is 1. The van der Waals surface area contributed by atoms with Crippen LogP contribution < -0.4 is 0 Å². The second-order valence-electron chi connectivity index (χ2n) is 10.1. The molecular formula is C23H34O5S. The maximum absolute atomic E-state index is 13.0. The molecule has 0 unspecified atom stereocenters. The fourth-order valence-corrected chi connectivity index (χ4v) is 7.96. The number of fused-ring (bicyclic) bond motifs is 5. The molecule has 4 rings (SSSR count). The lowest BCUT2D eigenvalue weighted by atomic mass is 9.46. The van der Waals surface area contributed by atoms with Crippen LogP contribution in [-0.4, -0.2) is 45.9 Å². The van der Waals surface area contributed by atoms with E-state index in [-0.39, 0.29) is 16.6 Å². The molecule has 3 saturated carbocycles. The third-order valence-corrected chi connectivity index (χ3v) is 9.49. The summed E-state index contributed by atoms with van der Waals surface area (Å²) in [4.78, 5) is 25.0. The van der Waals surface area contributed by atoms with Gasteiger partial charge in [0.05, 0.1) is 5.94 Å². The topological polar surface area (TPSA) is 83.8 Å². The predicted molar refractivity (Wildman–Crippen MR) is 112 cm³/mol. The molecule has 4 aliphatic rings. The molecule has 0 aliphatic heterocycles. The second-order valence-corrected chi connectivity index (χ2v) is 10.9. The van der Waals surface area contributed by atoms with Gasteiger partial charge in [-0.3, -0.25) is 9.59 Å². The molecule has 6 heteroatoms. The summed E-state index contributed by atoms with van der Waals surface area (Å²) in [5.74, 6) is 1.43. The van der Waals surface area contributed by atoms with Gasteiger partial charge in [-0.05, 0) is 80.4 Å². The van der Waals surface area contributed by atoms with Gasteiger partial charge in [0.25, 0.3) is 0 Å². The van der Waals surface area contributed by atoms with Crippen molar-refractivity contribution >= 4 is 23.3 Å². The number of aliphatic hydroxyl groups excluding tert-OH is 1. The predicted octanol–water partition coefficient (Wildman–Crippen LogP) is 3.47. The van der Waals surface area contributed by atoms with Crippen molar-refractivity contribution in [1.29, 1.82) is 0 Å². The van der Waals surface area contributed by atoms with Crippen LogP contribution in [0.2, 0.25) is 0 Å². The highest BCUT2D eigenvalue weighted by molar-refractivity contribution is 7.98. The van der Waals surface area contributed by atoms with E-state index in [4.69, 9.17) is 4.74 Å². The number of carbonyl (C=O) groups excluding carboxylic acids is 2. The summed E-state index contributed by atoms with van der Waals surface area (Å²) in [6.45, 7) is 4.50. The lowest BCUT2D eigenvalue weighted by molar-refractivity contribution is -0.193. The first kappa shape index (κ1) is 21.5. The molecule has 162 valence electrons. The van der Waals surface area contributed by atoms with Crippen molar-refractivity contribution in [3.8, 4) is 0 Å². The zero-order valence-electron chi connectivity index (χ0n) is 17.8. The Labute approximate surface area is 177 Å². The highest BCUT2D eigenvalue weighted by Crippen LogP contribution is 2.68. The van der Waals surface area contributed by atoms with E-state index < -0.39 is 17.7 Å². The number of Topliss-reactive ketones (excluding diaryl/α,β-unsaturated/α-hetero) is 1. The van der Waals surface area contributed by atoms with Gasteiger partial charge in [0, 0.05) is 11.8 Å². The van der Waals surface area contributed by atoms with Crippen molar-refractivity contribution in [3.63, 3.8) is 0 Å². The third-order valence-electron chi connectivity index (χ3n) is 9.14. The Morgan fingerprint density at radius 1 is 1.17 bits per heavy atom. The minimum absolute atomic E-state index is 0.0873. The monoisotopic (exact) mass is 422 g/mol. The van der Waals surface area contributed by atoms with Gasteiger partial charge in [0.2, 0.25) is 12.1 Å². The van der Waals surface area contributed by atoms with Gasteiger partial charge in [-0.15, -0.1) is 11.8 Å². The van der Waals surface area contributed by atoms with Crippen molar-refractivity contribution in [1.82, 2.24) is 0 Å². The fourth-order valence-electron chi connectivity index (χ4n) is 7.64. The Morgan fingerprint density at radius 2 is 1.90 bits per heavy atom. The molecule has 0 radical (unpaired) electrons. The molecule has 2 N–H and O–H groups in total. The van der Waals surface area contributed by atoms with Crippen molar-refractivity contribution in [2.75, 3.05) is 12.2 Å². The van der Waals surface area contributed by atoms with Crippen LogP contribution in [0.5, 0.6) is 0 Å². The van der Waals surface area contributed by atoms with E-state index in [0.29, 0.717) is 36.5 Å². The SMILES string of the molecule is CSCO[C@]1(C(=O)C(O)O)CC[C@H]2[C@@H]3CCC4=CC(=O)CC[C@]4(C)[C@H]3CC[C@@]21C. The molecule has 0 aromatic carbocycles. The quantitative estimate of drug-likeness (QED) is 0.660. The summed E-state index contributed by atoms with van der Waals surface area (Å²) >= 11 is 1.51. The van der Waals surface area contributed by atoms with E-state index in [1.54, 1.807) is 0 Å². The number of thioether (sulfide) groups is 1. The minimum atomic E-state index is -1.99. The normalized spacial score (nSPS) is 44.1. The molecule has 0 amide bonds. The highest BCUT2D eigenvalue weighted by Gasteiger charge is 2.68. The van der Waals surface area contributed by atoms with Gasteiger partial charge in [0.1, 0.15) is 5.60 Å². The van der Waals surface area contributed by atoms with E-state index in [2.05, 4.69) is 13.8 Å². The first-order chi connectivity index (χ1) is 13.7. The lowest BCUT2D eigenvalue weighted by Gasteiger charge is -2.59. The van der Waals surface area contributed by atoms with Crippen molar-refractivity contribution < 1.29 is 24.5 Å². The lowest BCUT2D eigenvalue weighted by Crippen LogP contribution is -2.60. The van der Waals surface area contributed by atoms with Crippen molar-refractivity contribution in [2.45, 2.75) is 77.1 Å². The number of hydrogen-bond donors (Lipinski definition) is 2. The Morgan fingerprint density at radius 3 is 2.59 bits per heavy atom. The molecule has 0 spiro atoms. The van der Waals surface area contributed by atoms with E-state index >= 15 is 0 Å². The molecule has 0 saturated heterocycles. The molecule has 4 aliphatic carbocycles. The van der Waals surface area contributed by atoms with E-state index in [1.165, 1.54) is 17.3 Å². The van der Waals surface area contributed by atoms with Crippen LogP contribution in [0.3, 0.4) is 0 Å². The van der Waals surface area contributed by atoms with Gasteiger partial charge < -0.3 is 14.9 Å². The zero-order valence-corrected chi connectivity index (χ0v) is 18.6. The van der Waals surface area contributed by atoms with E-state index in [1.807, 2.05) is 12.3 Å². The molecule has 29 heavy (non-hydrogen) atoms. The van der Waals surface area contributed by atoms with Crippen LogP contribution in [0.1, 0.15) is 65.2 Å². The third kappa shape index (κ3) is 3.00. The number of ketones is 2. The van der Waals surface area contributed by atoms with Gasteiger partial charge in [-0.2, -0.15) is 0 Å². The number of aliphatic hydroxyl groups is 2. The molecular weight excluding hydrogens is 388 g/mol. The molecule has 0 aromatic heterocycles. The summed E-state index contributed by atoms with van der Waals surface area (Å²) in [5.41, 5.74) is -0.0702. The van der Waals surface area contributed by atoms with Crippen LogP contribution in [0.25, 0.3) is 0 Å². The Kier molecular flexibility index (Phi) is 5.55. The number of rotatable bonds is 5. The summed E-state index contributed by atoms with van der Waals surface area (Å²) in [5, 5.41) is 19.6. The van der Waals surface area contributed by atoms with E-state index in [9.17, 15) is 19.8 Å². The summed E-state index contributed by atoms with van der Waals surface area (Å²) in [6, 6.07) is 0. The molecule has 5 nitrogen and oxygen atoms in total. The van der Waals surface area contributed by atoms with Crippen molar-refractivity contribution in [3.05, 3.63) is 11.6 Å². The maximum Gasteiger partial charge on any atom is 0.220 e. The van der Waals surface area contributed by atoms with Gasteiger partial charge >= 0.3 is 0 Å². The van der Waals surface area contributed by atoms with Gasteiger partial charge in [-0.25, -0.2) is 0 Å². The van der Waals surface area contributed by atoms with Gasteiger partial charge in [-0.1, -0.05) is 19.4 Å². The standard InChI is InChI=1S/C23H34O5S/c1-21-9-6-15(24)12-14(21)4-5-16-17(21)7-10-22(2)18(16)8-11-23(22,28-13-29-3)19(25)20(26)27/h12,16-18,20,26-27H,4-11,13H2,1-3H3/t16-,17+,18+,21+,22+,23+/m1/s1. The first-order valence-electron chi connectivity index (χ1n) is 11.0. The summed E-state index contributed by atoms with van der Waals surface area (Å²) in [7, 11) is 0. The van der Waals surface area contributed by atoms with Crippen LogP contribution in [-0.2, 0) is 14.3 Å². The maximum atomic E-state index is 13.0. The fraction of sp³-hybridized carbons (Fsp3) is 0.826. The average Bonchev–Trinajstić information content (AvgIpc) is 2.99. The molecule has 6 atom stereocenters. The molecule has 3 fully saturated rings. The number of hydrogen-bond acceptors (Lipinski definition) is 6. The second kappa shape index (κ2) is 7.47. The smallest absolute Gasteiger partial charge is 0.220 e. The zero-order chi connectivity index (χ0) is 21.0. The van der Waals surface area contributed by atoms with Crippen LogP contribution in [0.15, 0.2) is 11.6 Å². The van der Waals surface area contributed by atoms with E-state index in [0.717, 1.165) is 38.5 Å². The Hall–Kier alpha value is -0.690. The van der Waals surface area contributed by atoms with Gasteiger partial charge in [0.15, 0.2) is 5.78 Å². The number of carbonyl (C=O) groups is 2. The Bertz CT molecular complexity index is 733. The minimum Gasteiger partial charge on any atom is -0.362 e. The largest absolute Gasteiger partial charge is 0.362 e. The molecule has 0 heterocycles. The molecule has 0 bridgehead atoms. The van der Waals surface area contributed by atoms with Crippen molar-refractivity contribution in [2.24, 2.45) is 28.6 Å². The van der Waals surface area contributed by atoms with Crippen LogP contribution in [0.4, 0.5) is 0 Å². The van der Waals surface area contributed by atoms with Crippen LogP contribution >= 0.6 is 11.8 Å². The number of allylic oxidation sites excluding steroid dienone is 1. The summed E-state index contributed by atoms with van der Waals surface area (Å²) < 4.78 is 6.20. The highest BCUT2D eigenvalue weighted by atomic mass is 32.2. The summed E-state index contributed by atoms with van der Waals surface area (Å²) in [6.07, 6.45) is 8.74. The first-order valence-corrected chi connectivity index (χ1v) is 12.4. The average molecular weight is 423 g/mol. The Balaban J connectivity index is 1.69. The molecule has 0 aromatic rings.